The Labute approximate surface area is 195 Å². The van der Waals surface area contributed by atoms with Crippen LogP contribution in [-0.2, 0) is 0 Å². The van der Waals surface area contributed by atoms with E-state index >= 15 is 0 Å². The minimum Gasteiger partial charge on any atom is -0.368 e. The summed E-state index contributed by atoms with van der Waals surface area (Å²) < 4.78 is 1.93. The fourth-order valence-corrected chi connectivity index (χ4v) is 6.52. The Morgan fingerprint density at radius 1 is 0.719 bits per heavy atom. The van der Waals surface area contributed by atoms with Gasteiger partial charge in [-0.2, -0.15) is 0 Å². The monoisotopic (exact) mass is 453 g/mol. The first-order valence-electron chi connectivity index (χ1n) is 10.4. The fraction of sp³-hybridized carbons (Fsp3) is 0.0741. The first-order chi connectivity index (χ1) is 15.7. The summed E-state index contributed by atoms with van der Waals surface area (Å²) >= 11 is 3.19. The first-order valence-corrected chi connectivity index (χ1v) is 12.1. The minimum absolute atomic E-state index is 0.167. The molecule has 4 aromatic carbocycles. The molecule has 4 aromatic rings. The van der Waals surface area contributed by atoms with E-state index in [2.05, 4.69) is 36.4 Å². The molecule has 0 bridgehead atoms. The van der Waals surface area contributed by atoms with Gasteiger partial charge in [-0.3, -0.25) is 9.10 Å². The average Bonchev–Trinajstić information content (AvgIpc) is 3.37. The van der Waals surface area contributed by atoms with Crippen LogP contribution in [0.25, 0.3) is 11.1 Å². The molecule has 0 radical (unpaired) electrons. The summed E-state index contributed by atoms with van der Waals surface area (Å²) in [5.74, 6) is 0.186. The van der Waals surface area contributed by atoms with Crippen LogP contribution in [0.4, 0.5) is 5.69 Å². The highest BCUT2D eigenvalue weighted by Gasteiger charge is 2.32. The molecule has 2 atom stereocenters. The molecule has 2 aliphatic heterocycles. The van der Waals surface area contributed by atoms with Gasteiger partial charge in [0, 0.05) is 20.9 Å². The molecule has 3 nitrogen and oxygen atoms in total. The maximum absolute atomic E-state index is 12.8. The van der Waals surface area contributed by atoms with Crippen molar-refractivity contribution in [2.75, 3.05) is 4.31 Å². The van der Waals surface area contributed by atoms with Crippen LogP contribution in [0.5, 0.6) is 0 Å². The Balaban J connectivity index is 1.21. The van der Waals surface area contributed by atoms with Gasteiger partial charge >= 0.3 is 0 Å². The highest BCUT2D eigenvalue weighted by Crippen LogP contribution is 2.47. The van der Waals surface area contributed by atoms with Gasteiger partial charge in [-0.15, -0.1) is 11.8 Å². The molecular weight excluding hydrogens is 434 g/mol. The number of rotatable bonds is 3. The molecule has 2 heterocycles. The number of carbonyl (C=O) groups is 1. The second kappa shape index (κ2) is 7.85. The van der Waals surface area contributed by atoms with Crippen LogP contribution in [0.3, 0.4) is 0 Å². The van der Waals surface area contributed by atoms with Gasteiger partial charge < -0.3 is 5.11 Å². The molecule has 0 aromatic heterocycles. The third-order valence-corrected chi connectivity index (χ3v) is 8.43. The molecule has 0 aliphatic carbocycles. The van der Waals surface area contributed by atoms with Crippen molar-refractivity contribution in [2.45, 2.75) is 21.3 Å². The number of Topliss-reactive ketones (excluding diaryl/α,β-unsaturated/α-hetero) is 1. The predicted molar refractivity (Wildman–Crippen MR) is 131 cm³/mol. The summed E-state index contributed by atoms with van der Waals surface area (Å²) in [6.45, 7) is 0. The molecule has 5 heteroatoms. The van der Waals surface area contributed by atoms with E-state index in [0.29, 0.717) is 0 Å². The van der Waals surface area contributed by atoms with Crippen LogP contribution >= 0.6 is 23.7 Å². The zero-order valence-corrected chi connectivity index (χ0v) is 18.6. The predicted octanol–water partition coefficient (Wildman–Crippen LogP) is 6.90. The third-order valence-electron chi connectivity index (χ3n) is 5.92. The largest absolute Gasteiger partial charge is 0.368 e. The molecule has 0 saturated carbocycles. The van der Waals surface area contributed by atoms with Crippen LogP contribution in [-0.4, -0.2) is 10.9 Å². The maximum atomic E-state index is 12.8. The highest BCUT2D eigenvalue weighted by atomic mass is 32.2. The third kappa shape index (κ3) is 3.25. The van der Waals surface area contributed by atoms with E-state index in [9.17, 15) is 9.90 Å². The summed E-state index contributed by atoms with van der Waals surface area (Å²) in [5.41, 5.74) is 5.97. The Bertz CT molecular complexity index is 1320. The number of thioether (sulfide) groups is 1. The Morgan fingerprint density at radius 3 is 2.03 bits per heavy atom. The quantitative estimate of drug-likeness (QED) is 0.342. The molecule has 2 aliphatic rings. The Kier molecular flexibility index (Phi) is 4.83. The van der Waals surface area contributed by atoms with Gasteiger partial charge in [-0.25, -0.2) is 0 Å². The SMILES string of the molecule is O=C1c2ccccc2SC1c1ccc(-c2ccc(N3Sc4ccccc4C3O)cc2)cc1. The lowest BCUT2D eigenvalue weighted by atomic mass is 9.99. The summed E-state index contributed by atoms with van der Waals surface area (Å²) in [7, 11) is 0. The van der Waals surface area contributed by atoms with Gasteiger partial charge in [0.15, 0.2) is 12.0 Å². The molecule has 32 heavy (non-hydrogen) atoms. The number of nitrogens with zero attached hydrogens (tertiary/aromatic N) is 1. The molecule has 1 N–H and O–H groups in total. The minimum atomic E-state index is -0.646. The molecule has 0 amide bonds. The number of hydrogen-bond acceptors (Lipinski definition) is 5. The van der Waals surface area contributed by atoms with Crippen LogP contribution in [0.1, 0.15) is 33.0 Å². The smallest absolute Gasteiger partial charge is 0.181 e. The van der Waals surface area contributed by atoms with E-state index < -0.39 is 6.23 Å². The van der Waals surface area contributed by atoms with E-state index in [1.165, 1.54) is 0 Å². The molecule has 0 spiro atoms. The van der Waals surface area contributed by atoms with Crippen molar-refractivity contribution < 1.29 is 9.90 Å². The van der Waals surface area contributed by atoms with Crippen molar-refractivity contribution in [1.29, 1.82) is 0 Å². The van der Waals surface area contributed by atoms with Gasteiger partial charge in [0.2, 0.25) is 0 Å². The number of ketones is 1. The fourth-order valence-electron chi connectivity index (χ4n) is 4.22. The number of fused-ring (bicyclic) bond motifs is 2. The van der Waals surface area contributed by atoms with Crippen molar-refractivity contribution in [3.63, 3.8) is 0 Å². The maximum Gasteiger partial charge on any atom is 0.181 e. The average molecular weight is 454 g/mol. The van der Waals surface area contributed by atoms with Gasteiger partial charge in [-0.1, -0.05) is 72.8 Å². The van der Waals surface area contributed by atoms with Gasteiger partial charge in [0.25, 0.3) is 0 Å². The zero-order valence-electron chi connectivity index (χ0n) is 17.0. The van der Waals surface area contributed by atoms with E-state index in [1.54, 1.807) is 23.7 Å². The number of benzene rings is 4. The summed E-state index contributed by atoms with van der Waals surface area (Å²) in [6.07, 6.45) is -0.646. The second-order valence-electron chi connectivity index (χ2n) is 7.86. The van der Waals surface area contributed by atoms with Crippen LogP contribution in [0, 0.1) is 0 Å². The normalized spacial score (nSPS) is 19.2. The molecule has 0 fully saturated rings. The van der Waals surface area contributed by atoms with Crippen LogP contribution < -0.4 is 4.31 Å². The summed E-state index contributed by atoms with van der Waals surface area (Å²) in [6, 6.07) is 32.3. The Hall–Kier alpha value is -2.99. The van der Waals surface area contributed by atoms with Gasteiger partial charge in [-0.05, 0) is 52.9 Å². The standard InChI is InChI=1S/C27H19NO2S2/c29-25-21-5-1-3-7-23(21)31-26(25)19-11-9-17(10-12-19)18-13-15-20(16-14-18)28-27(30)22-6-2-4-8-24(22)32-28/h1-16,26-27,30H. The second-order valence-corrected chi connectivity index (χ2v) is 10.0. The molecule has 6 rings (SSSR count). The van der Waals surface area contributed by atoms with E-state index in [1.807, 2.05) is 65.0 Å². The van der Waals surface area contributed by atoms with Gasteiger partial charge in [0.1, 0.15) is 0 Å². The van der Waals surface area contributed by atoms with E-state index in [0.717, 1.165) is 43.3 Å². The molecule has 156 valence electrons. The Morgan fingerprint density at radius 2 is 1.34 bits per heavy atom. The molecule has 2 unspecified atom stereocenters. The van der Waals surface area contributed by atoms with Crippen molar-refractivity contribution in [1.82, 2.24) is 0 Å². The summed E-state index contributed by atoms with van der Waals surface area (Å²) in [5, 5.41) is 10.5. The van der Waals surface area contributed by atoms with Crippen molar-refractivity contribution in [3.05, 3.63) is 114 Å². The van der Waals surface area contributed by atoms with Crippen LogP contribution in [0.2, 0.25) is 0 Å². The van der Waals surface area contributed by atoms with Crippen LogP contribution in [0.15, 0.2) is 107 Å². The lowest BCUT2D eigenvalue weighted by molar-refractivity contribution is 0.0991. The number of aliphatic hydroxyl groups excluding tert-OH is 1. The first kappa shape index (κ1) is 19.7. The lowest BCUT2D eigenvalue weighted by Crippen LogP contribution is -2.15. The molecule has 0 saturated heterocycles. The summed E-state index contributed by atoms with van der Waals surface area (Å²) in [4.78, 5) is 14.9. The number of anilines is 1. The highest BCUT2D eigenvalue weighted by molar-refractivity contribution is 8.01. The number of carbonyl (C=O) groups excluding carboxylic acids is 1. The van der Waals surface area contributed by atoms with Crippen molar-refractivity contribution in [3.8, 4) is 11.1 Å². The van der Waals surface area contributed by atoms with E-state index in [4.69, 9.17) is 0 Å². The van der Waals surface area contributed by atoms with Crippen molar-refractivity contribution >= 4 is 35.2 Å². The number of hydrogen-bond donors (Lipinski definition) is 1. The van der Waals surface area contributed by atoms with Crippen molar-refractivity contribution in [2.24, 2.45) is 0 Å². The number of aliphatic hydroxyl groups is 1. The molecular formula is C27H19NO2S2. The lowest BCUT2D eigenvalue weighted by Gasteiger charge is -2.21. The zero-order chi connectivity index (χ0) is 21.7. The van der Waals surface area contributed by atoms with Gasteiger partial charge in [0.05, 0.1) is 10.9 Å². The van der Waals surface area contributed by atoms with E-state index in [-0.39, 0.29) is 11.0 Å². The topological polar surface area (TPSA) is 40.5 Å².